The second-order valence-electron chi connectivity index (χ2n) is 9.54. The number of carbonyl (C=O) groups excluding carboxylic acids is 3. The summed E-state index contributed by atoms with van der Waals surface area (Å²) in [6.45, 7) is 6.60. The molecule has 0 bridgehead atoms. The van der Waals surface area contributed by atoms with E-state index in [1.807, 2.05) is 0 Å². The minimum atomic E-state index is -3.70. The summed E-state index contributed by atoms with van der Waals surface area (Å²) in [7, 11) is -2.57. The van der Waals surface area contributed by atoms with Crippen molar-refractivity contribution in [2.45, 2.75) is 64.7 Å². The Morgan fingerprint density at radius 3 is 2.47 bits per heavy atom. The first kappa shape index (κ1) is 30.7. The Bertz CT molecular complexity index is 1170. The number of nitrogens with two attached hydrogens (primary N) is 1. The average Bonchev–Trinajstić information content (AvgIpc) is 3.28. The van der Waals surface area contributed by atoms with E-state index in [1.165, 1.54) is 0 Å². The first-order chi connectivity index (χ1) is 17.7. The number of amidine groups is 1. The maximum absolute atomic E-state index is 12.4. The van der Waals surface area contributed by atoms with Crippen LogP contribution in [0.25, 0.3) is 0 Å². The fourth-order valence-corrected chi connectivity index (χ4v) is 4.61. The molecule has 1 aliphatic rings. The molecule has 38 heavy (non-hydrogen) atoms. The lowest BCUT2D eigenvalue weighted by molar-refractivity contribution is -0.142. The van der Waals surface area contributed by atoms with Crippen molar-refractivity contribution >= 4 is 39.5 Å². The molecule has 4 N–H and O–H groups in total. The van der Waals surface area contributed by atoms with Gasteiger partial charge in [-0.25, -0.2) is 13.2 Å². The van der Waals surface area contributed by atoms with Gasteiger partial charge in [-0.15, -0.1) is 0 Å². The smallest absolute Gasteiger partial charge is 0.436 e. The van der Waals surface area contributed by atoms with Gasteiger partial charge in [-0.1, -0.05) is 36.3 Å². The summed E-state index contributed by atoms with van der Waals surface area (Å²) in [5.74, 6) is -1.41. The molecule has 0 spiro atoms. The first-order valence-corrected chi connectivity index (χ1v) is 13.6. The van der Waals surface area contributed by atoms with E-state index in [1.54, 1.807) is 52.0 Å². The van der Waals surface area contributed by atoms with Gasteiger partial charge < -0.3 is 25.4 Å². The second-order valence-corrected chi connectivity index (χ2v) is 11.4. The predicted octanol–water partition coefficient (Wildman–Crippen LogP) is 1.20. The third-order valence-corrected chi connectivity index (χ3v) is 6.64. The van der Waals surface area contributed by atoms with Crippen molar-refractivity contribution in [1.82, 2.24) is 10.0 Å². The molecule has 2 rings (SSSR count). The highest BCUT2D eigenvalue weighted by Gasteiger charge is 2.28. The van der Waals surface area contributed by atoms with E-state index in [0.29, 0.717) is 24.1 Å². The van der Waals surface area contributed by atoms with Gasteiger partial charge in [-0.05, 0) is 32.8 Å². The lowest BCUT2D eigenvalue weighted by atomic mass is 10.0. The molecule has 1 aromatic carbocycles. The second kappa shape index (κ2) is 13.3. The lowest BCUT2D eigenvalue weighted by Gasteiger charge is -2.17. The molecule has 0 aliphatic carbocycles. The van der Waals surface area contributed by atoms with E-state index < -0.39 is 45.7 Å². The standard InChI is InChI=1S/C24H35N5O8S/c1-6-11-38(33,34)29-19(22(31)35-5)14-26-20(30)13-17-12-18(28-37-17)15-7-9-16(10-8-15)21(25)27-23(32)36-24(2,3)4/h7-10,17,19,29H,6,11-14H2,1-5H3,(H,26,30)(H2,25,27,32)/t17?,19-/m0/s1. The van der Waals surface area contributed by atoms with Gasteiger partial charge in [0.1, 0.15) is 23.6 Å². The Morgan fingerprint density at radius 2 is 1.89 bits per heavy atom. The molecule has 2 amide bonds. The molecule has 0 fully saturated rings. The number of rotatable bonds is 11. The first-order valence-electron chi connectivity index (χ1n) is 12.0. The minimum Gasteiger partial charge on any atom is -0.468 e. The molecule has 13 nitrogen and oxygen atoms in total. The highest BCUT2D eigenvalue weighted by atomic mass is 32.2. The Hall–Kier alpha value is -3.52. The van der Waals surface area contributed by atoms with Crippen LogP contribution in [0.1, 0.15) is 58.1 Å². The van der Waals surface area contributed by atoms with Gasteiger partial charge in [0.2, 0.25) is 15.9 Å². The Labute approximate surface area is 222 Å². The summed E-state index contributed by atoms with van der Waals surface area (Å²) in [4.78, 5) is 45.3. The van der Waals surface area contributed by atoms with E-state index in [4.69, 9.17) is 15.3 Å². The number of hydrogen-bond acceptors (Lipinski definition) is 9. The molecule has 1 heterocycles. The van der Waals surface area contributed by atoms with Gasteiger partial charge in [0.25, 0.3) is 0 Å². The summed E-state index contributed by atoms with van der Waals surface area (Å²) >= 11 is 0. The fraction of sp³-hybridized carbons (Fsp3) is 0.542. The lowest BCUT2D eigenvalue weighted by Crippen LogP contribution is -2.49. The van der Waals surface area contributed by atoms with E-state index in [2.05, 4.69) is 24.9 Å². The van der Waals surface area contributed by atoms with Crippen LogP contribution in [0, 0.1) is 0 Å². The van der Waals surface area contributed by atoms with Crippen LogP contribution in [0.15, 0.2) is 34.4 Å². The Morgan fingerprint density at radius 1 is 1.24 bits per heavy atom. The zero-order chi connectivity index (χ0) is 28.5. The molecule has 210 valence electrons. The molecule has 0 saturated heterocycles. The van der Waals surface area contributed by atoms with Crippen molar-refractivity contribution in [2.24, 2.45) is 15.9 Å². The van der Waals surface area contributed by atoms with Crippen LogP contribution >= 0.6 is 0 Å². The molecule has 1 aromatic rings. The predicted molar refractivity (Wildman–Crippen MR) is 140 cm³/mol. The normalized spacial score (nSPS) is 16.7. The van der Waals surface area contributed by atoms with Crippen molar-refractivity contribution < 1.29 is 37.1 Å². The van der Waals surface area contributed by atoms with Gasteiger partial charge in [0.05, 0.1) is 25.0 Å². The molecule has 0 radical (unpaired) electrons. The van der Waals surface area contributed by atoms with Gasteiger partial charge in [0, 0.05) is 18.5 Å². The van der Waals surface area contributed by atoms with Crippen LogP contribution < -0.4 is 15.8 Å². The molecular formula is C24H35N5O8S. The van der Waals surface area contributed by atoms with Gasteiger partial charge in [0.15, 0.2) is 0 Å². The number of nitrogens with one attached hydrogen (secondary N) is 2. The zero-order valence-electron chi connectivity index (χ0n) is 22.1. The SMILES string of the molecule is CCCS(=O)(=O)N[C@@H](CNC(=O)CC1CC(c2ccc(/C(N)=N\C(=O)OC(C)(C)C)cc2)=NO1)C(=O)OC. The van der Waals surface area contributed by atoms with Crippen LogP contribution in [-0.4, -0.2) is 75.1 Å². The number of amides is 2. The van der Waals surface area contributed by atoms with Crippen molar-refractivity contribution in [1.29, 1.82) is 0 Å². The highest BCUT2D eigenvalue weighted by Crippen LogP contribution is 2.19. The fourth-order valence-electron chi connectivity index (χ4n) is 3.34. The summed E-state index contributed by atoms with van der Waals surface area (Å²) < 4.78 is 36.0. The number of ether oxygens (including phenoxy) is 2. The van der Waals surface area contributed by atoms with E-state index in [9.17, 15) is 22.8 Å². The van der Waals surface area contributed by atoms with Crippen molar-refractivity contribution in [3.8, 4) is 0 Å². The number of methoxy groups -OCH3 is 1. The monoisotopic (exact) mass is 553 g/mol. The number of nitrogens with zero attached hydrogens (tertiary/aromatic N) is 2. The number of sulfonamides is 1. The van der Waals surface area contributed by atoms with E-state index in [0.717, 1.165) is 12.7 Å². The number of benzene rings is 1. The summed E-state index contributed by atoms with van der Waals surface area (Å²) in [5, 5.41) is 6.58. The Kier molecular flexibility index (Phi) is 10.8. The minimum absolute atomic E-state index is 0.00667. The molecule has 1 aliphatic heterocycles. The molecule has 0 aromatic heterocycles. The molecular weight excluding hydrogens is 518 g/mol. The van der Waals surface area contributed by atoms with Crippen LogP contribution in [0.2, 0.25) is 0 Å². The molecule has 14 heteroatoms. The summed E-state index contributed by atoms with van der Waals surface area (Å²) in [6, 6.07) is 5.57. The van der Waals surface area contributed by atoms with Crippen LogP contribution in [0.3, 0.4) is 0 Å². The zero-order valence-corrected chi connectivity index (χ0v) is 23.0. The van der Waals surface area contributed by atoms with Gasteiger partial charge in [-0.2, -0.15) is 9.71 Å². The van der Waals surface area contributed by atoms with Gasteiger partial charge in [-0.3, -0.25) is 9.59 Å². The van der Waals surface area contributed by atoms with E-state index >= 15 is 0 Å². The van der Waals surface area contributed by atoms with Crippen molar-refractivity contribution in [3.05, 3.63) is 35.4 Å². The van der Waals surface area contributed by atoms with Crippen molar-refractivity contribution in [2.75, 3.05) is 19.4 Å². The van der Waals surface area contributed by atoms with Gasteiger partial charge >= 0.3 is 12.1 Å². The Balaban J connectivity index is 1.90. The maximum atomic E-state index is 12.4. The third kappa shape index (κ3) is 10.1. The quantitative estimate of drug-likeness (QED) is 0.205. The molecule has 2 atom stereocenters. The van der Waals surface area contributed by atoms with E-state index in [-0.39, 0.29) is 24.6 Å². The molecule has 1 unspecified atom stereocenters. The summed E-state index contributed by atoms with van der Waals surface area (Å²) in [5.41, 5.74) is 7.08. The number of oxime groups is 1. The number of carbonyl (C=O) groups is 3. The number of aliphatic imine (C=N–C) groups is 1. The third-order valence-electron chi connectivity index (χ3n) is 5.05. The topological polar surface area (TPSA) is 188 Å². The number of hydrogen-bond donors (Lipinski definition) is 3. The largest absolute Gasteiger partial charge is 0.468 e. The number of esters is 1. The van der Waals surface area contributed by atoms with Crippen LogP contribution in [0.4, 0.5) is 4.79 Å². The average molecular weight is 554 g/mol. The molecule has 0 saturated carbocycles. The maximum Gasteiger partial charge on any atom is 0.436 e. The highest BCUT2D eigenvalue weighted by molar-refractivity contribution is 7.89. The van der Waals surface area contributed by atoms with Crippen molar-refractivity contribution in [3.63, 3.8) is 0 Å². The van der Waals surface area contributed by atoms with Crippen LogP contribution in [0.5, 0.6) is 0 Å². The van der Waals surface area contributed by atoms with Crippen LogP contribution in [-0.2, 0) is 33.9 Å². The summed E-state index contributed by atoms with van der Waals surface area (Å²) in [6.07, 6.45) is -0.678.